The first-order valence-electron chi connectivity index (χ1n) is 6.41. The molecule has 3 nitrogen and oxygen atoms in total. The second kappa shape index (κ2) is 5.43. The van der Waals surface area contributed by atoms with Gasteiger partial charge in [0.2, 0.25) is 0 Å². The van der Waals surface area contributed by atoms with Crippen LogP contribution in [0.25, 0.3) is 0 Å². The molecule has 2 heterocycles. The van der Waals surface area contributed by atoms with E-state index in [1.807, 2.05) is 24.3 Å². The van der Waals surface area contributed by atoms with Gasteiger partial charge in [-0.15, -0.1) is 0 Å². The Balaban J connectivity index is 1.71. The van der Waals surface area contributed by atoms with Crippen LogP contribution in [0.5, 0.6) is 0 Å². The number of hydrogen-bond acceptors (Lipinski definition) is 3. The average Bonchev–Trinajstić information content (AvgIpc) is 2.96. The first kappa shape index (κ1) is 12.2. The van der Waals surface area contributed by atoms with Crippen molar-refractivity contribution in [1.82, 2.24) is 0 Å². The van der Waals surface area contributed by atoms with E-state index in [-0.39, 0.29) is 6.10 Å². The Labute approximate surface area is 112 Å². The number of rotatable bonds is 3. The van der Waals surface area contributed by atoms with Crippen molar-refractivity contribution in [2.24, 2.45) is 0 Å². The van der Waals surface area contributed by atoms with E-state index in [4.69, 9.17) is 9.15 Å². The number of aliphatic hydroxyl groups excluding tert-OH is 1. The van der Waals surface area contributed by atoms with Gasteiger partial charge >= 0.3 is 0 Å². The zero-order valence-electron chi connectivity index (χ0n) is 10.5. The molecule has 2 atom stereocenters. The van der Waals surface area contributed by atoms with Crippen LogP contribution in [0.4, 0.5) is 0 Å². The lowest BCUT2D eigenvalue weighted by Crippen LogP contribution is -2.23. The molecule has 0 amide bonds. The first-order valence-corrected chi connectivity index (χ1v) is 6.41. The molecule has 0 bridgehead atoms. The van der Waals surface area contributed by atoms with Crippen LogP contribution in [0.15, 0.2) is 65.0 Å². The quantitative estimate of drug-likeness (QED) is 0.857. The fourth-order valence-corrected chi connectivity index (χ4v) is 2.32. The van der Waals surface area contributed by atoms with Gasteiger partial charge in [0.05, 0.1) is 18.6 Å². The van der Waals surface area contributed by atoms with E-state index in [0.717, 1.165) is 24.0 Å². The lowest BCUT2D eigenvalue weighted by Gasteiger charge is -2.27. The standard InChI is InChI=1S/C16H16O3/c17-16-13(10-12-4-2-1-3-5-12)6-7-15(19-16)14-8-9-18-11-14/h1-6,8-9,11,15-17H,7,10H2. The van der Waals surface area contributed by atoms with Crippen molar-refractivity contribution < 1.29 is 14.3 Å². The van der Waals surface area contributed by atoms with Crippen molar-refractivity contribution in [3.8, 4) is 0 Å². The summed E-state index contributed by atoms with van der Waals surface area (Å²) in [5, 5.41) is 10.1. The molecular formula is C16H16O3. The lowest BCUT2D eigenvalue weighted by molar-refractivity contribution is -0.122. The lowest BCUT2D eigenvalue weighted by atomic mass is 9.99. The van der Waals surface area contributed by atoms with Crippen LogP contribution >= 0.6 is 0 Å². The van der Waals surface area contributed by atoms with E-state index in [9.17, 15) is 5.11 Å². The largest absolute Gasteiger partial charge is 0.472 e. The van der Waals surface area contributed by atoms with E-state index in [0.29, 0.717) is 0 Å². The Morgan fingerprint density at radius 3 is 2.68 bits per heavy atom. The summed E-state index contributed by atoms with van der Waals surface area (Å²) in [6.45, 7) is 0. The third-order valence-corrected chi connectivity index (χ3v) is 3.37. The molecule has 1 aliphatic heterocycles. The van der Waals surface area contributed by atoms with Gasteiger partial charge < -0.3 is 14.3 Å². The predicted octanol–water partition coefficient (Wildman–Crippen LogP) is 3.23. The van der Waals surface area contributed by atoms with Crippen molar-refractivity contribution >= 4 is 0 Å². The van der Waals surface area contributed by atoms with Crippen molar-refractivity contribution in [2.75, 3.05) is 0 Å². The maximum absolute atomic E-state index is 10.1. The minimum atomic E-state index is -0.839. The van der Waals surface area contributed by atoms with E-state index in [1.165, 1.54) is 5.56 Å². The van der Waals surface area contributed by atoms with Crippen LogP contribution < -0.4 is 0 Å². The molecule has 3 heteroatoms. The summed E-state index contributed by atoms with van der Waals surface area (Å²) in [6, 6.07) is 12.0. The van der Waals surface area contributed by atoms with E-state index in [1.54, 1.807) is 12.5 Å². The number of benzene rings is 1. The highest BCUT2D eigenvalue weighted by atomic mass is 16.6. The van der Waals surface area contributed by atoms with Gasteiger partial charge in [0.15, 0.2) is 6.29 Å². The monoisotopic (exact) mass is 256 g/mol. The molecule has 0 spiro atoms. The average molecular weight is 256 g/mol. The zero-order valence-corrected chi connectivity index (χ0v) is 10.5. The van der Waals surface area contributed by atoms with Crippen LogP contribution in [0.2, 0.25) is 0 Å². The highest BCUT2D eigenvalue weighted by Crippen LogP contribution is 2.31. The summed E-state index contributed by atoms with van der Waals surface area (Å²) in [6.07, 6.45) is 5.88. The summed E-state index contributed by atoms with van der Waals surface area (Å²) in [5.41, 5.74) is 3.07. The Hall–Kier alpha value is -1.84. The van der Waals surface area contributed by atoms with Crippen molar-refractivity contribution in [1.29, 1.82) is 0 Å². The highest BCUT2D eigenvalue weighted by molar-refractivity contribution is 5.25. The van der Waals surface area contributed by atoms with Gasteiger partial charge in [0.25, 0.3) is 0 Å². The van der Waals surface area contributed by atoms with Crippen molar-refractivity contribution in [3.63, 3.8) is 0 Å². The molecule has 0 radical (unpaired) electrons. The SMILES string of the molecule is OC1OC(c2ccoc2)CC=C1Cc1ccccc1. The molecule has 1 aromatic carbocycles. The van der Waals surface area contributed by atoms with Crippen molar-refractivity contribution in [2.45, 2.75) is 25.2 Å². The number of aliphatic hydroxyl groups is 1. The molecule has 1 N–H and O–H groups in total. The minimum absolute atomic E-state index is 0.117. The summed E-state index contributed by atoms with van der Waals surface area (Å²) in [4.78, 5) is 0. The maximum atomic E-state index is 10.1. The minimum Gasteiger partial charge on any atom is -0.472 e. The van der Waals surface area contributed by atoms with Crippen LogP contribution in [0.3, 0.4) is 0 Å². The van der Waals surface area contributed by atoms with Gasteiger partial charge in [-0.05, 0) is 30.0 Å². The molecular weight excluding hydrogens is 240 g/mol. The Kier molecular flexibility index (Phi) is 3.49. The fourth-order valence-electron chi connectivity index (χ4n) is 2.32. The molecule has 2 aromatic rings. The number of ether oxygens (including phenoxy) is 1. The second-order valence-corrected chi connectivity index (χ2v) is 4.71. The Morgan fingerprint density at radius 1 is 1.16 bits per heavy atom. The molecule has 3 rings (SSSR count). The van der Waals surface area contributed by atoms with Gasteiger partial charge in [-0.25, -0.2) is 0 Å². The fraction of sp³-hybridized carbons (Fsp3) is 0.250. The summed E-state index contributed by atoms with van der Waals surface area (Å²) in [7, 11) is 0. The summed E-state index contributed by atoms with van der Waals surface area (Å²) in [5.74, 6) is 0. The molecule has 2 unspecified atom stereocenters. The van der Waals surface area contributed by atoms with E-state index < -0.39 is 6.29 Å². The molecule has 0 fully saturated rings. The van der Waals surface area contributed by atoms with Gasteiger partial charge in [0, 0.05) is 5.56 Å². The second-order valence-electron chi connectivity index (χ2n) is 4.71. The van der Waals surface area contributed by atoms with Gasteiger partial charge in [-0.2, -0.15) is 0 Å². The smallest absolute Gasteiger partial charge is 0.178 e. The van der Waals surface area contributed by atoms with Crippen LogP contribution in [0.1, 0.15) is 23.7 Å². The van der Waals surface area contributed by atoms with Gasteiger partial charge in [-0.1, -0.05) is 36.4 Å². The molecule has 1 aliphatic rings. The topological polar surface area (TPSA) is 42.6 Å². The molecule has 0 aliphatic carbocycles. The van der Waals surface area contributed by atoms with Gasteiger partial charge in [0.1, 0.15) is 0 Å². The summed E-state index contributed by atoms with van der Waals surface area (Å²) < 4.78 is 10.7. The van der Waals surface area contributed by atoms with Crippen molar-refractivity contribution in [3.05, 3.63) is 71.7 Å². The van der Waals surface area contributed by atoms with Crippen LogP contribution in [-0.4, -0.2) is 11.4 Å². The first-order chi connectivity index (χ1) is 9.33. The third kappa shape index (κ3) is 2.78. The maximum Gasteiger partial charge on any atom is 0.178 e. The van der Waals surface area contributed by atoms with Gasteiger partial charge in [-0.3, -0.25) is 0 Å². The molecule has 0 saturated heterocycles. The molecule has 1 aromatic heterocycles. The third-order valence-electron chi connectivity index (χ3n) is 3.37. The Bertz CT molecular complexity index is 543. The zero-order chi connectivity index (χ0) is 13.1. The number of furan rings is 1. The van der Waals surface area contributed by atoms with E-state index in [2.05, 4.69) is 18.2 Å². The predicted molar refractivity (Wildman–Crippen MR) is 71.4 cm³/mol. The number of hydrogen-bond donors (Lipinski definition) is 1. The molecule has 0 saturated carbocycles. The van der Waals surface area contributed by atoms with E-state index >= 15 is 0 Å². The highest BCUT2D eigenvalue weighted by Gasteiger charge is 2.24. The van der Waals surface area contributed by atoms with Crippen LogP contribution in [0, 0.1) is 0 Å². The molecule has 98 valence electrons. The van der Waals surface area contributed by atoms with Crippen LogP contribution in [-0.2, 0) is 11.2 Å². The molecule has 19 heavy (non-hydrogen) atoms. The summed E-state index contributed by atoms with van der Waals surface area (Å²) >= 11 is 0. The Morgan fingerprint density at radius 2 is 2.00 bits per heavy atom. The normalized spacial score (nSPS) is 23.1.